The van der Waals surface area contributed by atoms with Crippen LogP contribution in [0.5, 0.6) is 0 Å². The SMILES string of the molecule is Nc1cc(NCc2cccs2)nc(C(F)(F)F)n1. The Bertz CT molecular complexity index is 524. The Kier molecular flexibility index (Phi) is 3.37. The standard InChI is InChI=1S/C10H9F3N4S/c11-10(12,13)9-16-7(14)4-8(17-9)15-5-6-2-1-3-18-6/h1-4H,5H2,(H3,14,15,16,17). The minimum atomic E-state index is -4.60. The molecule has 18 heavy (non-hydrogen) atoms. The lowest BCUT2D eigenvalue weighted by atomic mass is 10.4. The predicted octanol–water partition coefficient (Wildman–Crippen LogP) is 2.75. The number of hydrogen-bond donors (Lipinski definition) is 2. The van der Waals surface area contributed by atoms with Crippen molar-refractivity contribution in [2.24, 2.45) is 0 Å². The second kappa shape index (κ2) is 4.81. The van der Waals surface area contributed by atoms with Crippen LogP contribution in [0.3, 0.4) is 0 Å². The zero-order valence-electron chi connectivity index (χ0n) is 9.03. The normalized spacial score (nSPS) is 11.5. The lowest BCUT2D eigenvalue weighted by Crippen LogP contribution is -2.14. The highest BCUT2D eigenvalue weighted by molar-refractivity contribution is 7.09. The van der Waals surface area contributed by atoms with Crippen LogP contribution in [0.4, 0.5) is 24.8 Å². The van der Waals surface area contributed by atoms with Gasteiger partial charge >= 0.3 is 6.18 Å². The Morgan fingerprint density at radius 3 is 2.72 bits per heavy atom. The third-order valence-electron chi connectivity index (χ3n) is 2.02. The van der Waals surface area contributed by atoms with Crippen molar-refractivity contribution in [2.75, 3.05) is 11.1 Å². The maximum atomic E-state index is 12.5. The molecule has 0 bridgehead atoms. The molecule has 2 rings (SSSR count). The maximum Gasteiger partial charge on any atom is 0.451 e. The summed E-state index contributed by atoms with van der Waals surface area (Å²) in [7, 11) is 0. The molecular weight excluding hydrogens is 265 g/mol. The molecule has 0 unspecified atom stereocenters. The van der Waals surface area contributed by atoms with Gasteiger partial charge in [0, 0.05) is 10.9 Å². The molecule has 0 saturated carbocycles. The van der Waals surface area contributed by atoms with Gasteiger partial charge in [-0.1, -0.05) is 6.07 Å². The van der Waals surface area contributed by atoms with Crippen molar-refractivity contribution in [1.29, 1.82) is 0 Å². The van der Waals surface area contributed by atoms with Gasteiger partial charge in [-0.15, -0.1) is 11.3 Å². The first kappa shape index (κ1) is 12.6. The number of nitrogen functional groups attached to an aromatic ring is 1. The molecular formula is C10H9F3N4S. The van der Waals surface area contributed by atoms with Crippen LogP contribution in [0.25, 0.3) is 0 Å². The summed E-state index contributed by atoms with van der Waals surface area (Å²) in [6, 6.07) is 4.99. The van der Waals surface area contributed by atoms with Crippen molar-refractivity contribution in [1.82, 2.24) is 9.97 Å². The average molecular weight is 274 g/mol. The number of aromatic nitrogens is 2. The number of anilines is 2. The van der Waals surface area contributed by atoms with E-state index in [4.69, 9.17) is 5.73 Å². The highest BCUT2D eigenvalue weighted by Gasteiger charge is 2.35. The summed E-state index contributed by atoms with van der Waals surface area (Å²) in [6.07, 6.45) is -4.60. The van der Waals surface area contributed by atoms with Crippen LogP contribution < -0.4 is 11.1 Å². The molecule has 0 aliphatic heterocycles. The Hall–Kier alpha value is -1.83. The second-order valence-corrected chi connectivity index (χ2v) is 4.46. The fourth-order valence-corrected chi connectivity index (χ4v) is 1.92. The van der Waals surface area contributed by atoms with Crippen molar-refractivity contribution in [3.63, 3.8) is 0 Å². The van der Waals surface area contributed by atoms with Crippen molar-refractivity contribution < 1.29 is 13.2 Å². The zero-order valence-corrected chi connectivity index (χ0v) is 9.85. The molecule has 0 spiro atoms. The van der Waals surface area contributed by atoms with Crippen LogP contribution in [0.1, 0.15) is 10.7 Å². The van der Waals surface area contributed by atoms with Gasteiger partial charge in [-0.2, -0.15) is 13.2 Å². The molecule has 2 heterocycles. The van der Waals surface area contributed by atoms with Gasteiger partial charge in [-0.3, -0.25) is 0 Å². The molecule has 4 nitrogen and oxygen atoms in total. The van der Waals surface area contributed by atoms with Crippen LogP contribution in [-0.2, 0) is 12.7 Å². The molecule has 0 atom stereocenters. The van der Waals surface area contributed by atoms with Gasteiger partial charge in [-0.05, 0) is 11.4 Å². The maximum absolute atomic E-state index is 12.5. The fraction of sp³-hybridized carbons (Fsp3) is 0.200. The van der Waals surface area contributed by atoms with Crippen LogP contribution in [-0.4, -0.2) is 9.97 Å². The Labute approximate surface area is 105 Å². The van der Waals surface area contributed by atoms with E-state index < -0.39 is 12.0 Å². The highest BCUT2D eigenvalue weighted by atomic mass is 32.1. The summed E-state index contributed by atoms with van der Waals surface area (Å²) in [5.41, 5.74) is 5.32. The van der Waals surface area contributed by atoms with E-state index in [9.17, 15) is 13.2 Å². The number of alkyl halides is 3. The summed E-state index contributed by atoms with van der Waals surface area (Å²) in [5, 5.41) is 4.66. The number of thiophene rings is 1. The number of nitrogens with zero attached hydrogens (tertiary/aromatic N) is 2. The molecule has 2 aromatic rings. The van der Waals surface area contributed by atoms with E-state index in [-0.39, 0.29) is 11.6 Å². The van der Waals surface area contributed by atoms with E-state index in [1.165, 1.54) is 17.4 Å². The van der Waals surface area contributed by atoms with Crippen molar-refractivity contribution >= 4 is 23.0 Å². The van der Waals surface area contributed by atoms with Crippen LogP contribution >= 0.6 is 11.3 Å². The first-order chi connectivity index (χ1) is 8.45. The Morgan fingerprint density at radius 1 is 1.33 bits per heavy atom. The number of rotatable bonds is 3. The zero-order chi connectivity index (χ0) is 13.2. The van der Waals surface area contributed by atoms with Crippen molar-refractivity contribution in [3.8, 4) is 0 Å². The van der Waals surface area contributed by atoms with Crippen LogP contribution in [0, 0.1) is 0 Å². The van der Waals surface area contributed by atoms with E-state index in [1.807, 2.05) is 17.5 Å². The Balaban J connectivity index is 2.15. The predicted molar refractivity (Wildman–Crippen MR) is 63.1 cm³/mol. The lowest BCUT2D eigenvalue weighted by Gasteiger charge is -2.09. The summed E-state index contributed by atoms with van der Waals surface area (Å²) < 4.78 is 37.4. The number of halogens is 3. The molecule has 0 fully saturated rings. The third-order valence-corrected chi connectivity index (χ3v) is 2.90. The highest BCUT2D eigenvalue weighted by Crippen LogP contribution is 2.27. The molecule has 0 amide bonds. The number of hydrogen-bond acceptors (Lipinski definition) is 5. The molecule has 0 aliphatic rings. The van der Waals surface area contributed by atoms with Crippen LogP contribution in [0.15, 0.2) is 23.6 Å². The van der Waals surface area contributed by atoms with Gasteiger partial charge in [0.2, 0.25) is 5.82 Å². The molecule has 0 saturated heterocycles. The first-order valence-corrected chi connectivity index (χ1v) is 5.81. The second-order valence-electron chi connectivity index (χ2n) is 3.43. The molecule has 8 heteroatoms. The quantitative estimate of drug-likeness (QED) is 0.903. The van der Waals surface area contributed by atoms with Gasteiger partial charge in [-0.25, -0.2) is 9.97 Å². The monoisotopic (exact) mass is 274 g/mol. The molecule has 3 N–H and O–H groups in total. The van der Waals surface area contributed by atoms with Gasteiger partial charge < -0.3 is 11.1 Å². The topological polar surface area (TPSA) is 63.8 Å². The van der Waals surface area contributed by atoms with Crippen molar-refractivity contribution in [3.05, 3.63) is 34.3 Å². The fourth-order valence-electron chi connectivity index (χ4n) is 1.27. The van der Waals surface area contributed by atoms with E-state index >= 15 is 0 Å². The van der Waals surface area contributed by atoms with Gasteiger partial charge in [0.05, 0.1) is 6.54 Å². The molecule has 96 valence electrons. The third kappa shape index (κ3) is 3.10. The Morgan fingerprint density at radius 2 is 2.11 bits per heavy atom. The summed E-state index contributed by atoms with van der Waals surface area (Å²) in [6.45, 7) is 0.394. The molecule has 0 aliphatic carbocycles. The van der Waals surface area contributed by atoms with Gasteiger partial charge in [0.1, 0.15) is 11.6 Å². The first-order valence-electron chi connectivity index (χ1n) is 4.93. The number of nitrogens with one attached hydrogen (secondary N) is 1. The molecule has 0 aromatic carbocycles. The van der Waals surface area contributed by atoms with Crippen molar-refractivity contribution in [2.45, 2.75) is 12.7 Å². The van der Waals surface area contributed by atoms with Gasteiger partial charge in [0.25, 0.3) is 0 Å². The van der Waals surface area contributed by atoms with E-state index in [1.54, 1.807) is 0 Å². The van der Waals surface area contributed by atoms with Gasteiger partial charge in [0.15, 0.2) is 0 Å². The van der Waals surface area contributed by atoms with E-state index in [0.29, 0.717) is 6.54 Å². The molecule has 0 radical (unpaired) electrons. The summed E-state index contributed by atoms with van der Waals surface area (Å²) in [4.78, 5) is 7.52. The summed E-state index contributed by atoms with van der Waals surface area (Å²) >= 11 is 1.50. The van der Waals surface area contributed by atoms with Crippen LogP contribution in [0.2, 0.25) is 0 Å². The minimum Gasteiger partial charge on any atom is -0.384 e. The number of nitrogens with two attached hydrogens (primary N) is 1. The summed E-state index contributed by atoms with van der Waals surface area (Å²) in [5.74, 6) is -1.40. The average Bonchev–Trinajstić information content (AvgIpc) is 2.77. The van der Waals surface area contributed by atoms with E-state index in [2.05, 4.69) is 15.3 Å². The lowest BCUT2D eigenvalue weighted by molar-refractivity contribution is -0.144. The molecule has 2 aromatic heterocycles. The smallest absolute Gasteiger partial charge is 0.384 e. The minimum absolute atomic E-state index is 0.0585. The van der Waals surface area contributed by atoms with E-state index in [0.717, 1.165) is 4.88 Å². The largest absolute Gasteiger partial charge is 0.451 e.